The van der Waals surface area contributed by atoms with Crippen LogP contribution in [0.3, 0.4) is 0 Å². The number of nitrogens with zero attached hydrogens (tertiary/aromatic N) is 3. The summed E-state index contributed by atoms with van der Waals surface area (Å²) in [4.78, 5) is 24.9. The fourth-order valence-electron chi connectivity index (χ4n) is 3.10. The molecule has 0 radical (unpaired) electrons. The van der Waals surface area contributed by atoms with Crippen LogP contribution in [0.25, 0.3) is 16.8 Å². The molecule has 0 saturated carbocycles. The number of carbonyl (C=O) groups excluding carboxylic acids is 2. The molecule has 0 unspecified atom stereocenters. The molecule has 0 fully saturated rings. The van der Waals surface area contributed by atoms with Gasteiger partial charge in [0.15, 0.2) is 0 Å². The highest BCUT2D eigenvalue weighted by molar-refractivity contribution is 6.01. The quantitative estimate of drug-likeness (QED) is 0.634. The maximum absolute atomic E-state index is 14.7. The average molecular weight is 408 g/mol. The van der Waals surface area contributed by atoms with E-state index in [0.717, 1.165) is 5.56 Å². The Balaban J connectivity index is 2.04. The molecule has 0 aliphatic carbocycles. The van der Waals surface area contributed by atoms with Crippen LogP contribution in [0.2, 0.25) is 0 Å². The van der Waals surface area contributed by atoms with Gasteiger partial charge in [0.25, 0.3) is 5.91 Å². The summed E-state index contributed by atoms with van der Waals surface area (Å²) in [7, 11) is 3.04. The minimum absolute atomic E-state index is 0.201. The minimum Gasteiger partial charge on any atom is -0.496 e. The van der Waals surface area contributed by atoms with Gasteiger partial charge in [-0.25, -0.2) is 4.68 Å². The van der Waals surface area contributed by atoms with Crippen molar-refractivity contribution in [1.29, 1.82) is 0 Å². The van der Waals surface area contributed by atoms with E-state index in [0.29, 0.717) is 16.9 Å². The lowest BCUT2D eigenvalue weighted by atomic mass is 10.1. The summed E-state index contributed by atoms with van der Waals surface area (Å²) < 4.78 is 21.2. The van der Waals surface area contributed by atoms with Crippen LogP contribution in [0.5, 0.6) is 5.75 Å². The molecule has 3 aromatic rings. The Morgan fingerprint density at radius 1 is 1.27 bits per heavy atom. The van der Waals surface area contributed by atoms with Crippen molar-refractivity contribution in [2.75, 3.05) is 19.1 Å². The SMILES string of the molecule is C=CC(=O)N(C)c1cc(-n2cc(-c3ccc(C(N)=O)c(OC)c3)c(F)n2)ccc1C. The van der Waals surface area contributed by atoms with Crippen LogP contribution in [0.15, 0.2) is 55.3 Å². The smallest absolute Gasteiger partial charge is 0.252 e. The Hall–Kier alpha value is -3.94. The zero-order chi connectivity index (χ0) is 22.0. The molecule has 0 aliphatic heterocycles. The summed E-state index contributed by atoms with van der Waals surface area (Å²) in [6.45, 7) is 5.37. The molecule has 0 atom stereocenters. The molecule has 2 aromatic carbocycles. The third-order valence-corrected chi connectivity index (χ3v) is 4.77. The number of primary amides is 1. The van der Waals surface area contributed by atoms with Crippen LogP contribution in [-0.4, -0.2) is 35.8 Å². The Kier molecular flexibility index (Phi) is 5.68. The minimum atomic E-state index is -0.693. The summed E-state index contributed by atoms with van der Waals surface area (Å²) >= 11 is 0. The zero-order valence-electron chi connectivity index (χ0n) is 16.8. The summed E-state index contributed by atoms with van der Waals surface area (Å²) in [6, 6.07) is 9.92. The van der Waals surface area contributed by atoms with Crippen molar-refractivity contribution >= 4 is 17.5 Å². The van der Waals surface area contributed by atoms with Gasteiger partial charge in [-0.3, -0.25) is 9.59 Å². The molecule has 8 heteroatoms. The van der Waals surface area contributed by atoms with E-state index in [4.69, 9.17) is 10.5 Å². The van der Waals surface area contributed by atoms with Gasteiger partial charge in [0.05, 0.1) is 23.9 Å². The Labute approximate surface area is 173 Å². The third-order valence-electron chi connectivity index (χ3n) is 4.77. The van der Waals surface area contributed by atoms with Crippen molar-refractivity contribution in [2.45, 2.75) is 6.92 Å². The van der Waals surface area contributed by atoms with Crippen molar-refractivity contribution < 1.29 is 18.7 Å². The van der Waals surface area contributed by atoms with E-state index in [2.05, 4.69) is 11.7 Å². The van der Waals surface area contributed by atoms with Gasteiger partial charge in [-0.05, 0) is 48.4 Å². The molecule has 0 aliphatic rings. The number of amides is 2. The molecule has 0 spiro atoms. The number of benzene rings is 2. The molecule has 154 valence electrons. The highest BCUT2D eigenvalue weighted by atomic mass is 19.1. The van der Waals surface area contributed by atoms with E-state index in [-0.39, 0.29) is 22.8 Å². The number of nitrogens with two attached hydrogens (primary N) is 1. The lowest BCUT2D eigenvalue weighted by Gasteiger charge is -2.18. The number of aryl methyl sites for hydroxylation is 1. The predicted molar refractivity (Wildman–Crippen MR) is 112 cm³/mol. The van der Waals surface area contributed by atoms with Crippen LogP contribution >= 0.6 is 0 Å². The normalized spacial score (nSPS) is 10.5. The largest absolute Gasteiger partial charge is 0.496 e. The van der Waals surface area contributed by atoms with E-state index in [1.54, 1.807) is 25.2 Å². The standard InChI is InChI=1S/C22H21FN4O3/c1-5-20(28)26(3)18-11-15(8-6-13(18)2)27-12-17(21(23)25-27)14-7-9-16(22(24)29)19(10-14)30-4/h5-12H,1H2,2-4H3,(H2,24,29). The van der Waals surface area contributed by atoms with E-state index >= 15 is 0 Å². The number of halogens is 1. The number of methoxy groups -OCH3 is 1. The molecule has 2 amide bonds. The van der Waals surface area contributed by atoms with Gasteiger partial charge < -0.3 is 15.4 Å². The molecule has 1 heterocycles. The molecule has 3 rings (SSSR count). The Morgan fingerprint density at radius 3 is 2.63 bits per heavy atom. The molecular weight excluding hydrogens is 387 g/mol. The molecule has 0 bridgehead atoms. The first-order valence-electron chi connectivity index (χ1n) is 9.01. The third kappa shape index (κ3) is 3.80. The second-order valence-electron chi connectivity index (χ2n) is 6.63. The highest BCUT2D eigenvalue weighted by Crippen LogP contribution is 2.30. The van der Waals surface area contributed by atoms with Crippen molar-refractivity contribution in [3.8, 4) is 22.6 Å². The summed E-state index contributed by atoms with van der Waals surface area (Å²) in [5.41, 5.74) is 8.33. The number of anilines is 1. The van der Waals surface area contributed by atoms with Gasteiger partial charge in [0, 0.05) is 18.9 Å². The average Bonchev–Trinajstić information content (AvgIpc) is 3.13. The number of rotatable bonds is 6. The first-order valence-corrected chi connectivity index (χ1v) is 9.01. The topological polar surface area (TPSA) is 90.5 Å². The molecule has 0 saturated heterocycles. The molecule has 2 N–H and O–H groups in total. The van der Waals surface area contributed by atoms with Gasteiger partial charge in [-0.2, -0.15) is 4.39 Å². The van der Waals surface area contributed by atoms with E-state index in [9.17, 15) is 14.0 Å². The number of likely N-dealkylation sites (N-methyl/N-ethyl adjacent to an activating group) is 1. The molecule has 30 heavy (non-hydrogen) atoms. The lowest BCUT2D eigenvalue weighted by molar-refractivity contribution is -0.113. The van der Waals surface area contributed by atoms with Gasteiger partial charge >= 0.3 is 0 Å². The van der Waals surface area contributed by atoms with Crippen molar-refractivity contribution in [3.63, 3.8) is 0 Å². The van der Waals surface area contributed by atoms with Crippen molar-refractivity contribution in [3.05, 3.63) is 72.3 Å². The van der Waals surface area contributed by atoms with Crippen LogP contribution in [0, 0.1) is 12.9 Å². The first kappa shape index (κ1) is 20.8. The van der Waals surface area contributed by atoms with Gasteiger partial charge in [-0.1, -0.05) is 18.7 Å². The van der Waals surface area contributed by atoms with Crippen LogP contribution in [0.4, 0.5) is 10.1 Å². The van der Waals surface area contributed by atoms with Crippen molar-refractivity contribution in [1.82, 2.24) is 9.78 Å². The molecule has 7 nitrogen and oxygen atoms in total. The van der Waals surface area contributed by atoms with Gasteiger partial charge in [-0.15, -0.1) is 5.10 Å². The van der Waals surface area contributed by atoms with Crippen LogP contribution in [0.1, 0.15) is 15.9 Å². The number of hydrogen-bond donors (Lipinski definition) is 1. The van der Waals surface area contributed by atoms with E-state index in [1.807, 2.05) is 13.0 Å². The van der Waals surface area contributed by atoms with E-state index in [1.165, 1.54) is 41.1 Å². The number of carbonyl (C=O) groups is 2. The second kappa shape index (κ2) is 8.20. The summed E-state index contributed by atoms with van der Waals surface area (Å²) in [5, 5.41) is 3.96. The van der Waals surface area contributed by atoms with Gasteiger partial charge in [0.1, 0.15) is 5.75 Å². The first-order chi connectivity index (χ1) is 14.3. The highest BCUT2D eigenvalue weighted by Gasteiger charge is 2.17. The molecular formula is C22H21FN4O3. The maximum Gasteiger partial charge on any atom is 0.252 e. The summed E-state index contributed by atoms with van der Waals surface area (Å²) in [6.07, 6.45) is 2.75. The van der Waals surface area contributed by atoms with Gasteiger partial charge in [0.2, 0.25) is 11.9 Å². The van der Waals surface area contributed by atoms with Crippen molar-refractivity contribution in [2.24, 2.45) is 5.73 Å². The second-order valence-corrected chi connectivity index (χ2v) is 6.63. The molecule has 1 aromatic heterocycles. The zero-order valence-corrected chi connectivity index (χ0v) is 16.8. The van der Waals surface area contributed by atoms with Crippen LogP contribution in [-0.2, 0) is 4.79 Å². The summed E-state index contributed by atoms with van der Waals surface area (Å²) in [5.74, 6) is -1.35. The Morgan fingerprint density at radius 2 is 2.00 bits per heavy atom. The fraction of sp³-hybridized carbons (Fsp3) is 0.136. The van der Waals surface area contributed by atoms with E-state index < -0.39 is 11.9 Å². The monoisotopic (exact) mass is 408 g/mol. The lowest BCUT2D eigenvalue weighted by Crippen LogP contribution is -2.24. The Bertz CT molecular complexity index is 1150. The number of aromatic nitrogens is 2. The maximum atomic E-state index is 14.7. The predicted octanol–water partition coefficient (Wildman–Crippen LogP) is 3.24. The van der Waals surface area contributed by atoms with Crippen LogP contribution < -0.4 is 15.4 Å². The number of ether oxygens (including phenoxy) is 1. The number of hydrogen-bond acceptors (Lipinski definition) is 4. The fourth-order valence-corrected chi connectivity index (χ4v) is 3.10.